The lowest BCUT2D eigenvalue weighted by molar-refractivity contribution is 0.512. The summed E-state index contributed by atoms with van der Waals surface area (Å²) in [5.74, 6) is 0. The Kier molecular flexibility index (Phi) is 4.03. The Morgan fingerprint density at radius 1 is 1.33 bits per heavy atom. The number of fused-ring (bicyclic) bond motifs is 1. The molecule has 1 N–H and O–H groups in total. The Bertz CT molecular complexity index is 711. The number of para-hydroxylation sites is 1. The molecule has 0 spiro atoms. The van der Waals surface area contributed by atoms with Crippen LogP contribution in [-0.4, -0.2) is 21.8 Å². The number of aryl methyl sites for hydroxylation is 2. The van der Waals surface area contributed by atoms with Crippen LogP contribution in [0.25, 0.3) is 10.2 Å². The van der Waals surface area contributed by atoms with Gasteiger partial charge < -0.3 is 5.32 Å². The summed E-state index contributed by atoms with van der Waals surface area (Å²) in [6.07, 6.45) is 0.890. The van der Waals surface area contributed by atoms with Crippen LogP contribution in [0.15, 0.2) is 30.3 Å². The lowest BCUT2D eigenvalue weighted by atomic mass is 10.1. The van der Waals surface area contributed by atoms with Gasteiger partial charge in [-0.15, -0.1) is 11.3 Å². The van der Waals surface area contributed by atoms with Crippen LogP contribution >= 0.6 is 11.3 Å². The molecule has 0 saturated carbocycles. The predicted octanol–water partition coefficient (Wildman–Crippen LogP) is 3.32. The van der Waals surface area contributed by atoms with Crippen molar-refractivity contribution in [1.29, 1.82) is 0 Å². The average Bonchev–Trinajstić information content (AvgIpc) is 3.07. The number of benzene rings is 1. The van der Waals surface area contributed by atoms with Crippen LogP contribution < -0.4 is 5.32 Å². The minimum Gasteiger partial charge on any atom is -0.311 e. The number of hydrogen-bond donors (Lipinski definition) is 1. The van der Waals surface area contributed by atoms with Gasteiger partial charge in [0, 0.05) is 13.0 Å². The molecule has 5 heteroatoms. The largest absolute Gasteiger partial charge is 0.311 e. The highest BCUT2D eigenvalue weighted by Crippen LogP contribution is 2.26. The van der Waals surface area contributed by atoms with Crippen molar-refractivity contribution < 1.29 is 0 Å². The average molecular weight is 300 g/mol. The fourth-order valence-corrected chi connectivity index (χ4v) is 3.65. The second kappa shape index (κ2) is 5.95. The van der Waals surface area contributed by atoms with Crippen molar-refractivity contribution in [2.45, 2.75) is 32.9 Å². The molecule has 1 aromatic carbocycles. The SMILES string of the molecule is CCn1nc(C)cc1C(Cc1nc2ccccc2s1)NC. The molecule has 3 rings (SSSR count). The molecule has 0 aliphatic rings. The molecule has 0 radical (unpaired) electrons. The summed E-state index contributed by atoms with van der Waals surface area (Å²) in [5, 5.41) is 9.11. The van der Waals surface area contributed by atoms with Crippen LogP contribution in [0, 0.1) is 6.92 Å². The molecule has 1 atom stereocenters. The maximum Gasteiger partial charge on any atom is 0.0958 e. The summed E-state index contributed by atoms with van der Waals surface area (Å²) in [6, 6.07) is 10.7. The van der Waals surface area contributed by atoms with E-state index in [-0.39, 0.29) is 6.04 Å². The predicted molar refractivity (Wildman–Crippen MR) is 87.8 cm³/mol. The number of nitrogens with zero attached hydrogens (tertiary/aromatic N) is 3. The van der Waals surface area contributed by atoms with Crippen LogP contribution in [0.5, 0.6) is 0 Å². The van der Waals surface area contributed by atoms with Crippen LogP contribution in [0.4, 0.5) is 0 Å². The number of nitrogens with one attached hydrogen (secondary N) is 1. The summed E-state index contributed by atoms with van der Waals surface area (Å²) in [7, 11) is 2.00. The molecule has 21 heavy (non-hydrogen) atoms. The maximum absolute atomic E-state index is 4.74. The van der Waals surface area contributed by atoms with Crippen LogP contribution in [0.2, 0.25) is 0 Å². The lowest BCUT2D eigenvalue weighted by Crippen LogP contribution is -2.22. The maximum atomic E-state index is 4.74. The summed E-state index contributed by atoms with van der Waals surface area (Å²) >= 11 is 1.78. The van der Waals surface area contributed by atoms with Crippen LogP contribution in [0.3, 0.4) is 0 Å². The first-order valence-electron chi connectivity index (χ1n) is 7.27. The molecule has 2 aromatic heterocycles. The molecule has 0 bridgehead atoms. The molecule has 1 unspecified atom stereocenters. The van der Waals surface area contributed by atoms with E-state index in [4.69, 9.17) is 4.98 Å². The van der Waals surface area contributed by atoms with E-state index in [2.05, 4.69) is 46.3 Å². The van der Waals surface area contributed by atoms with Gasteiger partial charge in [-0.25, -0.2) is 4.98 Å². The summed E-state index contributed by atoms with van der Waals surface area (Å²) < 4.78 is 3.33. The second-order valence-electron chi connectivity index (χ2n) is 5.15. The van der Waals surface area contributed by atoms with Crippen molar-refractivity contribution in [3.8, 4) is 0 Å². The number of hydrogen-bond acceptors (Lipinski definition) is 4. The van der Waals surface area contributed by atoms with Gasteiger partial charge in [0.2, 0.25) is 0 Å². The quantitative estimate of drug-likeness (QED) is 0.786. The van der Waals surface area contributed by atoms with E-state index in [0.29, 0.717) is 0 Å². The number of likely N-dealkylation sites (N-methyl/N-ethyl adjacent to an activating group) is 1. The van der Waals surface area contributed by atoms with Gasteiger partial charge in [-0.2, -0.15) is 5.10 Å². The van der Waals surface area contributed by atoms with Crippen molar-refractivity contribution in [3.63, 3.8) is 0 Å². The molecule has 0 aliphatic carbocycles. The fraction of sp³-hybridized carbons (Fsp3) is 0.375. The van der Waals surface area contributed by atoms with Crippen molar-refractivity contribution >= 4 is 21.6 Å². The monoisotopic (exact) mass is 300 g/mol. The van der Waals surface area contributed by atoms with E-state index in [0.717, 1.165) is 29.2 Å². The Morgan fingerprint density at radius 3 is 2.86 bits per heavy atom. The van der Waals surface area contributed by atoms with Gasteiger partial charge in [-0.3, -0.25) is 4.68 Å². The highest BCUT2D eigenvalue weighted by molar-refractivity contribution is 7.18. The van der Waals surface area contributed by atoms with Gasteiger partial charge in [0.15, 0.2) is 0 Å². The van der Waals surface area contributed by atoms with E-state index < -0.39 is 0 Å². The molecule has 0 aliphatic heterocycles. The minimum atomic E-state index is 0.242. The molecular formula is C16H20N4S. The molecule has 0 saturated heterocycles. The number of thiazole rings is 1. The molecule has 110 valence electrons. The third kappa shape index (κ3) is 2.84. The normalized spacial score (nSPS) is 12.9. The molecule has 0 fully saturated rings. The number of aromatic nitrogens is 3. The Hall–Kier alpha value is -1.72. The molecule has 4 nitrogen and oxygen atoms in total. The van der Waals surface area contributed by atoms with E-state index in [1.54, 1.807) is 11.3 Å². The van der Waals surface area contributed by atoms with E-state index >= 15 is 0 Å². The first kappa shape index (κ1) is 14.2. The molecule has 3 aromatic rings. The standard InChI is InChI=1S/C16H20N4S/c1-4-20-14(9-11(2)19-20)13(17-3)10-16-18-12-7-5-6-8-15(12)21-16/h5-9,13,17H,4,10H2,1-3H3. The molecule has 0 amide bonds. The van der Waals surface area contributed by atoms with E-state index in [1.165, 1.54) is 10.4 Å². The number of rotatable bonds is 5. The molecular weight excluding hydrogens is 280 g/mol. The first-order valence-corrected chi connectivity index (χ1v) is 8.09. The zero-order chi connectivity index (χ0) is 14.8. The van der Waals surface area contributed by atoms with Gasteiger partial charge in [0.05, 0.1) is 32.7 Å². The van der Waals surface area contributed by atoms with Crippen molar-refractivity contribution in [2.24, 2.45) is 0 Å². The highest BCUT2D eigenvalue weighted by atomic mass is 32.1. The van der Waals surface area contributed by atoms with E-state index in [1.807, 2.05) is 20.0 Å². The van der Waals surface area contributed by atoms with Crippen LogP contribution in [-0.2, 0) is 13.0 Å². The van der Waals surface area contributed by atoms with Gasteiger partial charge in [-0.1, -0.05) is 12.1 Å². The Morgan fingerprint density at radius 2 is 2.14 bits per heavy atom. The summed E-state index contributed by atoms with van der Waals surface area (Å²) in [5.41, 5.74) is 3.39. The third-order valence-corrected chi connectivity index (χ3v) is 4.71. The Labute approximate surface area is 128 Å². The van der Waals surface area contributed by atoms with E-state index in [9.17, 15) is 0 Å². The zero-order valence-corrected chi connectivity index (χ0v) is 13.4. The van der Waals surface area contributed by atoms with Gasteiger partial charge >= 0.3 is 0 Å². The summed E-state index contributed by atoms with van der Waals surface area (Å²) in [4.78, 5) is 4.74. The molecule has 2 heterocycles. The van der Waals surface area contributed by atoms with Crippen molar-refractivity contribution in [1.82, 2.24) is 20.1 Å². The zero-order valence-electron chi connectivity index (χ0n) is 12.6. The topological polar surface area (TPSA) is 42.7 Å². The first-order chi connectivity index (χ1) is 10.2. The second-order valence-corrected chi connectivity index (χ2v) is 6.26. The van der Waals surface area contributed by atoms with Crippen LogP contribution in [0.1, 0.15) is 29.4 Å². The van der Waals surface area contributed by atoms with Crippen molar-refractivity contribution in [3.05, 3.63) is 46.7 Å². The highest BCUT2D eigenvalue weighted by Gasteiger charge is 2.17. The third-order valence-electron chi connectivity index (χ3n) is 3.66. The smallest absolute Gasteiger partial charge is 0.0958 e. The van der Waals surface area contributed by atoms with Gasteiger partial charge in [0.25, 0.3) is 0 Å². The minimum absolute atomic E-state index is 0.242. The fourth-order valence-electron chi connectivity index (χ4n) is 2.64. The van der Waals surface area contributed by atoms with Gasteiger partial charge in [-0.05, 0) is 39.1 Å². The lowest BCUT2D eigenvalue weighted by Gasteiger charge is -2.16. The van der Waals surface area contributed by atoms with Gasteiger partial charge in [0.1, 0.15) is 0 Å². The summed E-state index contributed by atoms with van der Waals surface area (Å²) in [6.45, 7) is 5.06. The van der Waals surface area contributed by atoms with Crippen molar-refractivity contribution in [2.75, 3.05) is 7.05 Å². The Balaban J connectivity index is 1.89.